The molecule has 0 fully saturated rings. The van der Waals surface area contributed by atoms with Crippen molar-refractivity contribution < 1.29 is 9.53 Å². The summed E-state index contributed by atoms with van der Waals surface area (Å²) in [6.45, 7) is 1.33. The average Bonchev–Trinajstić information content (AvgIpc) is 2.55. The normalized spacial score (nSPS) is 10.5. The second-order valence-electron chi connectivity index (χ2n) is 5.50. The van der Waals surface area contributed by atoms with Crippen LogP contribution in [0.3, 0.4) is 0 Å². The number of hydrogen-bond donors (Lipinski definition) is 0. The van der Waals surface area contributed by atoms with Crippen LogP contribution in [0.4, 0.5) is 0 Å². The minimum atomic E-state index is 0.0563. The lowest BCUT2D eigenvalue weighted by Crippen LogP contribution is -2.23. The molecule has 0 aliphatic carbocycles. The van der Waals surface area contributed by atoms with E-state index in [-0.39, 0.29) is 5.91 Å². The molecule has 2 aromatic carbocycles. The number of amides is 1. The Labute approximate surface area is 132 Å². The van der Waals surface area contributed by atoms with E-state index in [1.165, 1.54) is 5.56 Å². The third-order valence-electron chi connectivity index (χ3n) is 3.50. The first-order valence-electron chi connectivity index (χ1n) is 7.59. The Morgan fingerprint density at radius 2 is 1.68 bits per heavy atom. The molecule has 0 heterocycles. The highest BCUT2D eigenvalue weighted by Gasteiger charge is 2.12. The number of hydrogen-bond acceptors (Lipinski definition) is 2. The first-order chi connectivity index (χ1) is 10.7. The molecule has 3 heteroatoms. The lowest BCUT2D eigenvalue weighted by molar-refractivity contribution is 0.0826. The van der Waals surface area contributed by atoms with Gasteiger partial charge in [-0.05, 0) is 30.0 Å². The van der Waals surface area contributed by atoms with Gasteiger partial charge in [0.1, 0.15) is 0 Å². The second-order valence-corrected chi connectivity index (χ2v) is 5.50. The molecular formula is C19H23NO2. The average molecular weight is 297 g/mol. The molecule has 0 unspecified atom stereocenters. The fourth-order valence-electron chi connectivity index (χ4n) is 2.32. The van der Waals surface area contributed by atoms with E-state index in [2.05, 4.69) is 12.1 Å². The van der Waals surface area contributed by atoms with Gasteiger partial charge in [0, 0.05) is 26.3 Å². The molecule has 116 valence electrons. The van der Waals surface area contributed by atoms with Crippen LogP contribution in [0.5, 0.6) is 0 Å². The Kier molecular flexibility index (Phi) is 6.16. The van der Waals surface area contributed by atoms with Crippen molar-refractivity contribution in [3.8, 4) is 0 Å². The third kappa shape index (κ3) is 4.71. The predicted molar refractivity (Wildman–Crippen MR) is 88.9 cm³/mol. The van der Waals surface area contributed by atoms with Gasteiger partial charge in [-0.25, -0.2) is 0 Å². The van der Waals surface area contributed by atoms with Crippen molar-refractivity contribution in [1.82, 2.24) is 4.90 Å². The molecule has 0 aliphatic rings. The van der Waals surface area contributed by atoms with Crippen LogP contribution in [-0.4, -0.2) is 31.5 Å². The van der Waals surface area contributed by atoms with Crippen molar-refractivity contribution in [2.45, 2.75) is 19.4 Å². The Bertz CT molecular complexity index is 593. The Balaban J connectivity index is 1.81. The molecule has 0 N–H and O–H groups in total. The number of benzene rings is 2. The highest BCUT2D eigenvalue weighted by molar-refractivity contribution is 5.95. The van der Waals surface area contributed by atoms with Gasteiger partial charge in [-0.3, -0.25) is 4.79 Å². The van der Waals surface area contributed by atoms with Crippen LogP contribution < -0.4 is 0 Å². The van der Waals surface area contributed by atoms with Crippen molar-refractivity contribution in [3.05, 3.63) is 71.3 Å². The molecule has 0 aliphatic heterocycles. The van der Waals surface area contributed by atoms with E-state index in [1.807, 2.05) is 42.5 Å². The zero-order valence-corrected chi connectivity index (χ0v) is 13.3. The summed E-state index contributed by atoms with van der Waals surface area (Å²) in [7, 11) is 3.56. The van der Waals surface area contributed by atoms with Gasteiger partial charge in [0.2, 0.25) is 0 Å². The molecule has 0 saturated carbocycles. The van der Waals surface area contributed by atoms with Gasteiger partial charge in [-0.2, -0.15) is 0 Å². The summed E-state index contributed by atoms with van der Waals surface area (Å²) in [6.07, 6.45) is 1.76. The van der Waals surface area contributed by atoms with Crippen molar-refractivity contribution in [1.29, 1.82) is 0 Å². The minimum Gasteiger partial charge on any atom is -0.377 e. The molecule has 0 bridgehead atoms. The quantitative estimate of drug-likeness (QED) is 0.732. The minimum absolute atomic E-state index is 0.0563. The zero-order valence-electron chi connectivity index (χ0n) is 13.3. The van der Waals surface area contributed by atoms with Crippen LogP contribution in [0.1, 0.15) is 27.9 Å². The van der Waals surface area contributed by atoms with Crippen LogP contribution >= 0.6 is 0 Å². The maximum absolute atomic E-state index is 12.1. The first kappa shape index (κ1) is 16.2. The van der Waals surface area contributed by atoms with E-state index >= 15 is 0 Å². The van der Waals surface area contributed by atoms with Crippen LogP contribution in [0.2, 0.25) is 0 Å². The Morgan fingerprint density at radius 1 is 1.00 bits per heavy atom. The van der Waals surface area contributed by atoms with Gasteiger partial charge < -0.3 is 9.64 Å². The summed E-state index contributed by atoms with van der Waals surface area (Å²) >= 11 is 0. The van der Waals surface area contributed by atoms with Gasteiger partial charge in [0.05, 0.1) is 6.61 Å². The predicted octanol–water partition coefficient (Wildman–Crippen LogP) is 3.54. The Morgan fingerprint density at radius 3 is 2.41 bits per heavy atom. The van der Waals surface area contributed by atoms with Crippen LogP contribution in [0.25, 0.3) is 0 Å². The SMILES string of the molecule is CN(C)C(=O)c1ccccc1CCCOCc1ccccc1. The molecule has 2 rings (SSSR count). The topological polar surface area (TPSA) is 29.5 Å². The summed E-state index contributed by atoms with van der Waals surface area (Å²) in [5.74, 6) is 0.0563. The second kappa shape index (κ2) is 8.35. The van der Waals surface area contributed by atoms with Gasteiger partial charge in [0.15, 0.2) is 0 Å². The van der Waals surface area contributed by atoms with Crippen molar-refractivity contribution in [3.63, 3.8) is 0 Å². The number of carbonyl (C=O) groups is 1. The lowest BCUT2D eigenvalue weighted by atomic mass is 10.0. The summed E-state index contributed by atoms with van der Waals surface area (Å²) in [5.41, 5.74) is 3.06. The van der Waals surface area contributed by atoms with Gasteiger partial charge in [-0.15, -0.1) is 0 Å². The number of aryl methyl sites for hydroxylation is 1. The van der Waals surface area contributed by atoms with E-state index in [0.29, 0.717) is 13.2 Å². The molecule has 22 heavy (non-hydrogen) atoms. The number of nitrogens with zero attached hydrogens (tertiary/aromatic N) is 1. The zero-order chi connectivity index (χ0) is 15.8. The van der Waals surface area contributed by atoms with E-state index in [1.54, 1.807) is 19.0 Å². The Hall–Kier alpha value is -2.13. The molecule has 1 amide bonds. The van der Waals surface area contributed by atoms with Crippen LogP contribution in [0, 0.1) is 0 Å². The van der Waals surface area contributed by atoms with Crippen LogP contribution in [0.15, 0.2) is 54.6 Å². The monoisotopic (exact) mass is 297 g/mol. The van der Waals surface area contributed by atoms with Crippen molar-refractivity contribution in [2.24, 2.45) is 0 Å². The van der Waals surface area contributed by atoms with Gasteiger partial charge in [0.25, 0.3) is 5.91 Å². The molecule has 0 atom stereocenters. The number of rotatable bonds is 7. The number of carbonyl (C=O) groups excluding carboxylic acids is 1. The molecule has 0 spiro atoms. The first-order valence-corrected chi connectivity index (χ1v) is 7.59. The van der Waals surface area contributed by atoms with Crippen LogP contribution in [-0.2, 0) is 17.8 Å². The van der Waals surface area contributed by atoms with Gasteiger partial charge in [-0.1, -0.05) is 48.5 Å². The van der Waals surface area contributed by atoms with E-state index in [4.69, 9.17) is 4.74 Å². The largest absolute Gasteiger partial charge is 0.377 e. The molecule has 0 saturated heterocycles. The molecule has 2 aromatic rings. The van der Waals surface area contributed by atoms with E-state index in [9.17, 15) is 4.79 Å². The maximum Gasteiger partial charge on any atom is 0.253 e. The standard InChI is InChI=1S/C19H23NO2/c1-20(2)19(21)18-13-7-6-11-17(18)12-8-14-22-15-16-9-4-3-5-10-16/h3-7,9-11,13H,8,12,14-15H2,1-2H3. The van der Waals surface area contributed by atoms with E-state index in [0.717, 1.165) is 24.0 Å². The molecular weight excluding hydrogens is 274 g/mol. The van der Waals surface area contributed by atoms with E-state index < -0.39 is 0 Å². The lowest BCUT2D eigenvalue weighted by Gasteiger charge is -2.14. The summed E-state index contributed by atoms with van der Waals surface area (Å²) in [4.78, 5) is 13.7. The fraction of sp³-hybridized carbons (Fsp3) is 0.316. The molecule has 0 aromatic heterocycles. The maximum atomic E-state index is 12.1. The highest BCUT2D eigenvalue weighted by atomic mass is 16.5. The van der Waals surface area contributed by atoms with Gasteiger partial charge >= 0.3 is 0 Å². The molecule has 3 nitrogen and oxygen atoms in total. The van der Waals surface area contributed by atoms with Crippen molar-refractivity contribution in [2.75, 3.05) is 20.7 Å². The summed E-state index contributed by atoms with van der Waals surface area (Å²) in [6, 6.07) is 18.0. The molecule has 0 radical (unpaired) electrons. The third-order valence-corrected chi connectivity index (χ3v) is 3.50. The summed E-state index contributed by atoms with van der Waals surface area (Å²) in [5, 5.41) is 0. The summed E-state index contributed by atoms with van der Waals surface area (Å²) < 4.78 is 5.69. The number of ether oxygens (including phenoxy) is 1. The smallest absolute Gasteiger partial charge is 0.253 e. The highest BCUT2D eigenvalue weighted by Crippen LogP contribution is 2.13. The fourth-order valence-corrected chi connectivity index (χ4v) is 2.32. The van der Waals surface area contributed by atoms with Crippen molar-refractivity contribution >= 4 is 5.91 Å².